The molecule has 19 heavy (non-hydrogen) atoms. The summed E-state index contributed by atoms with van der Waals surface area (Å²) in [5.41, 5.74) is 0.138. The van der Waals surface area contributed by atoms with E-state index < -0.39 is 11.8 Å². The van der Waals surface area contributed by atoms with Crippen molar-refractivity contribution in [3.63, 3.8) is 0 Å². The lowest BCUT2D eigenvalue weighted by Gasteiger charge is -2.37. The third-order valence-electron chi connectivity index (χ3n) is 2.87. The van der Waals surface area contributed by atoms with Crippen LogP contribution in [0.3, 0.4) is 0 Å². The third kappa shape index (κ3) is 3.13. The van der Waals surface area contributed by atoms with E-state index in [1.54, 1.807) is 6.07 Å². The highest BCUT2D eigenvalue weighted by Gasteiger charge is 2.34. The van der Waals surface area contributed by atoms with Gasteiger partial charge in [0, 0.05) is 11.0 Å². The summed E-state index contributed by atoms with van der Waals surface area (Å²) in [6, 6.07) is 4.48. The second-order valence-corrected chi connectivity index (χ2v) is 5.73. The Morgan fingerprint density at radius 3 is 2.63 bits per heavy atom. The highest BCUT2D eigenvalue weighted by atomic mass is 79.9. The average Bonchev–Trinajstić information content (AvgIpc) is 2.34. The zero-order chi connectivity index (χ0) is 14.0. The first-order valence-electron chi connectivity index (χ1n) is 5.69. The van der Waals surface area contributed by atoms with Crippen LogP contribution >= 0.6 is 15.9 Å². The predicted octanol–water partition coefficient (Wildman–Crippen LogP) is 2.13. The van der Waals surface area contributed by atoms with Crippen molar-refractivity contribution in [2.24, 2.45) is 5.41 Å². The standard InChI is InChI=1S/C13H13BrO5/c1-13(5-18-6-13)7-19-10-3-2-8(4-9(10)14)11(15)12(16)17/h2-4H,5-7H2,1H3,(H,16,17). The monoisotopic (exact) mass is 328 g/mol. The van der Waals surface area contributed by atoms with Crippen molar-refractivity contribution >= 4 is 27.7 Å². The molecule has 0 saturated carbocycles. The average molecular weight is 329 g/mol. The van der Waals surface area contributed by atoms with Gasteiger partial charge in [0.1, 0.15) is 5.75 Å². The molecule has 1 heterocycles. The second-order valence-electron chi connectivity index (χ2n) is 4.87. The van der Waals surface area contributed by atoms with Crippen molar-refractivity contribution in [2.45, 2.75) is 6.92 Å². The van der Waals surface area contributed by atoms with Gasteiger partial charge in [-0.05, 0) is 34.1 Å². The van der Waals surface area contributed by atoms with Crippen molar-refractivity contribution in [1.82, 2.24) is 0 Å². The maximum absolute atomic E-state index is 11.3. The SMILES string of the molecule is CC1(COc2ccc(C(=O)C(=O)O)cc2Br)COC1. The molecule has 6 heteroatoms. The number of hydrogen-bond acceptors (Lipinski definition) is 4. The van der Waals surface area contributed by atoms with Crippen molar-refractivity contribution in [1.29, 1.82) is 0 Å². The summed E-state index contributed by atoms with van der Waals surface area (Å²) < 4.78 is 11.3. The van der Waals surface area contributed by atoms with Crippen molar-refractivity contribution in [2.75, 3.05) is 19.8 Å². The van der Waals surface area contributed by atoms with Crippen LogP contribution < -0.4 is 4.74 Å². The number of halogens is 1. The van der Waals surface area contributed by atoms with Crippen LogP contribution in [0.15, 0.2) is 22.7 Å². The number of Topliss-reactive ketones (excluding diaryl/α,β-unsaturated/α-hetero) is 1. The van der Waals surface area contributed by atoms with Gasteiger partial charge < -0.3 is 14.6 Å². The summed E-state index contributed by atoms with van der Waals surface area (Å²) in [5, 5.41) is 8.64. The molecule has 1 N–H and O–H groups in total. The summed E-state index contributed by atoms with van der Waals surface area (Å²) in [6.45, 7) is 3.91. The zero-order valence-electron chi connectivity index (χ0n) is 10.3. The number of aliphatic carboxylic acids is 1. The number of carbonyl (C=O) groups excluding carboxylic acids is 1. The number of hydrogen-bond donors (Lipinski definition) is 1. The summed E-state index contributed by atoms with van der Waals surface area (Å²) in [4.78, 5) is 21.9. The molecule has 1 fully saturated rings. The Bertz CT molecular complexity index is 522. The molecule has 0 aliphatic carbocycles. The summed E-state index contributed by atoms with van der Waals surface area (Å²) in [5.74, 6) is -1.83. The highest BCUT2D eigenvalue weighted by Crippen LogP contribution is 2.31. The number of rotatable bonds is 5. The molecule has 0 unspecified atom stereocenters. The van der Waals surface area contributed by atoms with Crippen LogP contribution in [-0.2, 0) is 9.53 Å². The van der Waals surface area contributed by atoms with Gasteiger partial charge >= 0.3 is 5.97 Å². The van der Waals surface area contributed by atoms with Gasteiger partial charge in [-0.2, -0.15) is 0 Å². The molecule has 0 amide bonds. The molecule has 0 atom stereocenters. The molecule has 1 aromatic carbocycles. The molecule has 1 saturated heterocycles. The van der Waals surface area contributed by atoms with Gasteiger partial charge in [0.2, 0.25) is 0 Å². The van der Waals surface area contributed by atoms with Crippen molar-refractivity contribution in [3.8, 4) is 5.75 Å². The lowest BCUT2D eigenvalue weighted by molar-refractivity contribution is -0.131. The van der Waals surface area contributed by atoms with E-state index in [-0.39, 0.29) is 11.0 Å². The number of carbonyl (C=O) groups is 2. The quantitative estimate of drug-likeness (QED) is 0.662. The topological polar surface area (TPSA) is 72.8 Å². The summed E-state index contributed by atoms with van der Waals surface area (Å²) in [7, 11) is 0. The first kappa shape index (κ1) is 14.0. The number of ether oxygens (including phenoxy) is 2. The molecule has 0 bridgehead atoms. The number of benzene rings is 1. The Morgan fingerprint density at radius 2 is 2.16 bits per heavy atom. The molecule has 102 valence electrons. The van der Waals surface area contributed by atoms with Gasteiger partial charge in [-0.1, -0.05) is 6.92 Å². The third-order valence-corrected chi connectivity index (χ3v) is 3.49. The van der Waals surface area contributed by atoms with E-state index >= 15 is 0 Å². The largest absolute Gasteiger partial charge is 0.492 e. The van der Waals surface area contributed by atoms with E-state index in [0.29, 0.717) is 30.0 Å². The van der Waals surface area contributed by atoms with Crippen molar-refractivity contribution < 1.29 is 24.2 Å². The molecule has 2 rings (SSSR count). The second kappa shape index (κ2) is 5.30. The van der Waals surface area contributed by atoms with E-state index in [0.717, 1.165) is 0 Å². The smallest absolute Gasteiger partial charge is 0.377 e. The fourth-order valence-corrected chi connectivity index (χ4v) is 2.16. The highest BCUT2D eigenvalue weighted by molar-refractivity contribution is 9.10. The first-order chi connectivity index (χ1) is 8.91. The van der Waals surface area contributed by atoms with Crippen LogP contribution in [0.1, 0.15) is 17.3 Å². The maximum atomic E-state index is 11.3. The number of ketones is 1. The molecule has 0 aromatic heterocycles. The van der Waals surface area contributed by atoms with Crippen LogP contribution in [0.5, 0.6) is 5.75 Å². The van der Waals surface area contributed by atoms with Crippen LogP contribution in [0.4, 0.5) is 0 Å². The Kier molecular flexibility index (Phi) is 3.91. The zero-order valence-corrected chi connectivity index (χ0v) is 11.9. The van der Waals surface area contributed by atoms with E-state index in [4.69, 9.17) is 14.6 Å². The minimum Gasteiger partial charge on any atom is -0.492 e. The minimum atomic E-state index is -1.47. The van der Waals surface area contributed by atoms with Gasteiger partial charge in [0.15, 0.2) is 0 Å². The predicted molar refractivity (Wildman–Crippen MR) is 70.5 cm³/mol. The Morgan fingerprint density at radius 1 is 1.47 bits per heavy atom. The van der Waals surface area contributed by atoms with Crippen LogP contribution in [0.25, 0.3) is 0 Å². The molecule has 0 spiro atoms. The lowest BCUT2D eigenvalue weighted by Crippen LogP contribution is -2.44. The lowest BCUT2D eigenvalue weighted by atomic mass is 9.90. The summed E-state index contributed by atoms with van der Waals surface area (Å²) in [6.07, 6.45) is 0. The van der Waals surface area contributed by atoms with Gasteiger partial charge in [-0.15, -0.1) is 0 Å². The number of carboxylic acid groups (broad SMARTS) is 1. The maximum Gasteiger partial charge on any atom is 0.377 e. The van der Waals surface area contributed by atoms with Crippen molar-refractivity contribution in [3.05, 3.63) is 28.2 Å². The van der Waals surface area contributed by atoms with Crippen LogP contribution in [-0.4, -0.2) is 36.7 Å². The Balaban J connectivity index is 2.06. The molecule has 1 aliphatic heterocycles. The Labute approximate surface area is 118 Å². The van der Waals surface area contributed by atoms with Gasteiger partial charge in [-0.3, -0.25) is 4.79 Å². The summed E-state index contributed by atoms with van der Waals surface area (Å²) >= 11 is 3.27. The van der Waals surface area contributed by atoms with E-state index in [1.807, 2.05) is 0 Å². The molecule has 5 nitrogen and oxygen atoms in total. The Hall–Kier alpha value is -1.40. The fourth-order valence-electron chi connectivity index (χ4n) is 1.67. The number of carboxylic acids is 1. The van der Waals surface area contributed by atoms with Crippen LogP contribution in [0.2, 0.25) is 0 Å². The van der Waals surface area contributed by atoms with Gasteiger partial charge in [-0.25, -0.2) is 4.79 Å². The molecule has 1 aromatic rings. The van der Waals surface area contributed by atoms with E-state index in [1.165, 1.54) is 12.1 Å². The van der Waals surface area contributed by atoms with E-state index in [2.05, 4.69) is 22.9 Å². The first-order valence-corrected chi connectivity index (χ1v) is 6.48. The molecule has 0 radical (unpaired) electrons. The fraction of sp³-hybridized carbons (Fsp3) is 0.385. The molecular weight excluding hydrogens is 316 g/mol. The van der Waals surface area contributed by atoms with Gasteiger partial charge in [0.25, 0.3) is 5.78 Å². The van der Waals surface area contributed by atoms with E-state index in [9.17, 15) is 9.59 Å². The molecular formula is C13H13BrO5. The van der Waals surface area contributed by atoms with Crippen LogP contribution in [0, 0.1) is 5.41 Å². The van der Waals surface area contributed by atoms with Gasteiger partial charge in [0.05, 0.1) is 24.3 Å². The minimum absolute atomic E-state index is 0.0228. The normalized spacial score (nSPS) is 16.5. The molecule has 1 aliphatic rings.